The summed E-state index contributed by atoms with van der Waals surface area (Å²) in [4.78, 5) is 14.7. The lowest BCUT2D eigenvalue weighted by molar-refractivity contribution is 0.0729. The van der Waals surface area contributed by atoms with Crippen molar-refractivity contribution in [2.75, 3.05) is 21.3 Å². The van der Waals surface area contributed by atoms with Crippen molar-refractivity contribution in [2.45, 2.75) is 25.4 Å². The molecule has 1 aliphatic carbocycles. The Kier molecular flexibility index (Phi) is 5.30. The summed E-state index contributed by atoms with van der Waals surface area (Å²) < 4.78 is 29.6. The Bertz CT molecular complexity index is 779. The Labute approximate surface area is 152 Å². The van der Waals surface area contributed by atoms with E-state index in [1.807, 2.05) is 12.1 Å². The first-order valence-electron chi connectivity index (χ1n) is 8.42. The van der Waals surface area contributed by atoms with Gasteiger partial charge < -0.3 is 19.1 Å². The summed E-state index contributed by atoms with van der Waals surface area (Å²) in [5.74, 6) is 0.986. The Hall–Kier alpha value is -2.76. The summed E-state index contributed by atoms with van der Waals surface area (Å²) in [5.41, 5.74) is 1.21. The largest absolute Gasteiger partial charge is 0.493 e. The molecule has 0 aromatic heterocycles. The second-order valence-electron chi connectivity index (χ2n) is 6.21. The van der Waals surface area contributed by atoms with Gasteiger partial charge in [0.25, 0.3) is 5.91 Å². The number of methoxy groups -OCH3 is 3. The van der Waals surface area contributed by atoms with Crippen molar-refractivity contribution in [2.24, 2.45) is 0 Å². The highest BCUT2D eigenvalue weighted by molar-refractivity contribution is 5.94. The topological polar surface area (TPSA) is 48.0 Å². The molecule has 2 aromatic rings. The van der Waals surface area contributed by atoms with E-state index < -0.39 is 5.82 Å². The molecule has 0 saturated heterocycles. The number of amides is 1. The molecule has 1 aliphatic rings. The standard InChI is InChI=1S/C20H22FNO4/c1-24-17-9-13(10-18(25-2)19(17)26-3)12-22(16-7-8-16)20(23)14-5-4-6-15(21)11-14/h4-6,9-11,16H,7-8,12H2,1-3H3. The van der Waals surface area contributed by atoms with Crippen LogP contribution in [0.2, 0.25) is 0 Å². The van der Waals surface area contributed by atoms with Crippen LogP contribution in [0.1, 0.15) is 28.8 Å². The fourth-order valence-corrected chi connectivity index (χ4v) is 2.96. The number of halogens is 1. The molecule has 0 spiro atoms. The third-order valence-electron chi connectivity index (χ3n) is 4.40. The number of carbonyl (C=O) groups excluding carboxylic acids is 1. The third-order valence-corrected chi connectivity index (χ3v) is 4.40. The van der Waals surface area contributed by atoms with Crippen LogP contribution in [0, 0.1) is 5.82 Å². The van der Waals surface area contributed by atoms with Gasteiger partial charge in [-0.25, -0.2) is 4.39 Å². The predicted octanol–water partition coefficient (Wildman–Crippen LogP) is 3.66. The number of rotatable bonds is 7. The minimum atomic E-state index is -0.417. The monoisotopic (exact) mass is 359 g/mol. The van der Waals surface area contributed by atoms with Gasteiger partial charge in [0.05, 0.1) is 21.3 Å². The van der Waals surface area contributed by atoms with Crippen molar-refractivity contribution in [3.05, 3.63) is 53.3 Å². The smallest absolute Gasteiger partial charge is 0.254 e. The highest BCUT2D eigenvalue weighted by atomic mass is 19.1. The van der Waals surface area contributed by atoms with Crippen LogP contribution in [0.4, 0.5) is 4.39 Å². The zero-order chi connectivity index (χ0) is 18.7. The Balaban J connectivity index is 1.90. The molecule has 138 valence electrons. The quantitative estimate of drug-likeness (QED) is 0.757. The fourth-order valence-electron chi connectivity index (χ4n) is 2.96. The molecule has 6 heteroatoms. The van der Waals surface area contributed by atoms with Gasteiger partial charge in [0.1, 0.15) is 5.82 Å². The van der Waals surface area contributed by atoms with E-state index in [4.69, 9.17) is 14.2 Å². The zero-order valence-corrected chi connectivity index (χ0v) is 15.1. The summed E-state index contributed by atoms with van der Waals surface area (Å²) >= 11 is 0. The molecular formula is C20H22FNO4. The van der Waals surface area contributed by atoms with Gasteiger partial charge >= 0.3 is 0 Å². The highest BCUT2D eigenvalue weighted by Crippen LogP contribution is 2.39. The lowest BCUT2D eigenvalue weighted by Gasteiger charge is -2.24. The van der Waals surface area contributed by atoms with Crippen molar-refractivity contribution in [1.82, 2.24) is 4.90 Å². The lowest BCUT2D eigenvalue weighted by atomic mass is 10.1. The van der Waals surface area contributed by atoms with E-state index in [-0.39, 0.29) is 11.9 Å². The molecule has 2 aromatic carbocycles. The molecule has 0 bridgehead atoms. The van der Waals surface area contributed by atoms with Gasteiger partial charge in [-0.3, -0.25) is 4.79 Å². The van der Waals surface area contributed by atoms with E-state index >= 15 is 0 Å². The molecule has 3 rings (SSSR count). The Morgan fingerprint density at radius 1 is 1.08 bits per heavy atom. The van der Waals surface area contributed by atoms with Gasteiger partial charge in [-0.2, -0.15) is 0 Å². The summed E-state index contributed by atoms with van der Waals surface area (Å²) in [6.07, 6.45) is 1.90. The van der Waals surface area contributed by atoms with E-state index in [1.54, 1.807) is 38.4 Å². The van der Waals surface area contributed by atoms with Gasteiger partial charge in [-0.15, -0.1) is 0 Å². The van der Waals surface area contributed by atoms with E-state index in [9.17, 15) is 9.18 Å². The number of hydrogen-bond donors (Lipinski definition) is 0. The van der Waals surface area contributed by atoms with Crippen molar-refractivity contribution >= 4 is 5.91 Å². The van der Waals surface area contributed by atoms with Crippen molar-refractivity contribution in [3.63, 3.8) is 0 Å². The predicted molar refractivity (Wildman–Crippen MR) is 95.4 cm³/mol. The van der Waals surface area contributed by atoms with Crippen LogP contribution in [0.25, 0.3) is 0 Å². The van der Waals surface area contributed by atoms with E-state index in [0.29, 0.717) is 29.4 Å². The zero-order valence-electron chi connectivity index (χ0n) is 15.1. The van der Waals surface area contributed by atoms with E-state index in [2.05, 4.69) is 0 Å². The highest BCUT2D eigenvalue weighted by Gasteiger charge is 2.33. The van der Waals surface area contributed by atoms with Crippen LogP contribution in [0.3, 0.4) is 0 Å². The second-order valence-corrected chi connectivity index (χ2v) is 6.21. The summed E-state index contributed by atoms with van der Waals surface area (Å²) in [7, 11) is 4.65. The molecule has 1 fully saturated rings. The number of carbonyl (C=O) groups is 1. The average molecular weight is 359 g/mol. The normalized spacial score (nSPS) is 13.2. The number of nitrogens with zero attached hydrogens (tertiary/aromatic N) is 1. The molecular weight excluding hydrogens is 337 g/mol. The first kappa shape index (κ1) is 18.0. The van der Waals surface area contributed by atoms with Crippen LogP contribution < -0.4 is 14.2 Å². The fraction of sp³-hybridized carbons (Fsp3) is 0.350. The molecule has 0 unspecified atom stereocenters. The molecule has 0 heterocycles. The molecule has 0 aliphatic heterocycles. The molecule has 26 heavy (non-hydrogen) atoms. The van der Waals surface area contributed by atoms with Gasteiger partial charge in [-0.05, 0) is 48.7 Å². The lowest BCUT2D eigenvalue weighted by Crippen LogP contribution is -2.32. The molecule has 1 saturated carbocycles. The number of hydrogen-bond acceptors (Lipinski definition) is 4. The van der Waals surface area contributed by atoms with E-state index in [1.165, 1.54) is 12.1 Å². The van der Waals surface area contributed by atoms with Crippen LogP contribution in [0.5, 0.6) is 17.2 Å². The maximum Gasteiger partial charge on any atom is 0.254 e. The Morgan fingerprint density at radius 2 is 1.73 bits per heavy atom. The second kappa shape index (κ2) is 7.64. The molecule has 0 radical (unpaired) electrons. The average Bonchev–Trinajstić information content (AvgIpc) is 3.49. The maximum atomic E-state index is 13.5. The van der Waals surface area contributed by atoms with Gasteiger partial charge in [-0.1, -0.05) is 6.07 Å². The maximum absolute atomic E-state index is 13.5. The summed E-state index contributed by atoms with van der Waals surface area (Å²) in [6.45, 7) is 0.386. The first-order valence-corrected chi connectivity index (χ1v) is 8.42. The van der Waals surface area contributed by atoms with Crippen LogP contribution in [-0.4, -0.2) is 38.2 Å². The number of benzene rings is 2. The summed E-state index contributed by atoms with van der Waals surface area (Å²) in [6, 6.07) is 9.61. The van der Waals surface area contributed by atoms with Gasteiger partial charge in [0.15, 0.2) is 11.5 Å². The van der Waals surface area contributed by atoms with E-state index in [0.717, 1.165) is 18.4 Å². The molecule has 1 amide bonds. The minimum Gasteiger partial charge on any atom is -0.493 e. The van der Waals surface area contributed by atoms with Gasteiger partial charge in [0, 0.05) is 18.2 Å². The number of ether oxygens (including phenoxy) is 3. The van der Waals surface area contributed by atoms with Crippen LogP contribution >= 0.6 is 0 Å². The third kappa shape index (κ3) is 3.74. The van der Waals surface area contributed by atoms with Crippen molar-refractivity contribution < 1.29 is 23.4 Å². The van der Waals surface area contributed by atoms with Crippen LogP contribution in [0.15, 0.2) is 36.4 Å². The van der Waals surface area contributed by atoms with Crippen LogP contribution in [-0.2, 0) is 6.54 Å². The summed E-state index contributed by atoms with van der Waals surface area (Å²) in [5, 5.41) is 0. The molecule has 0 N–H and O–H groups in total. The molecule has 5 nitrogen and oxygen atoms in total. The minimum absolute atomic E-state index is 0.171. The SMILES string of the molecule is COc1cc(CN(C(=O)c2cccc(F)c2)C2CC2)cc(OC)c1OC. The Morgan fingerprint density at radius 3 is 2.23 bits per heavy atom. The molecule has 0 atom stereocenters. The van der Waals surface area contributed by atoms with Crippen molar-refractivity contribution in [1.29, 1.82) is 0 Å². The van der Waals surface area contributed by atoms with Crippen molar-refractivity contribution in [3.8, 4) is 17.2 Å². The van der Waals surface area contributed by atoms with Gasteiger partial charge in [0.2, 0.25) is 5.75 Å². The first-order chi connectivity index (χ1) is 12.6.